The van der Waals surface area contributed by atoms with Crippen molar-refractivity contribution >= 4 is 10.0 Å². The standard InChI is InChI=1S/C13H22N2O3S/c1-14-11-12-5-7-13(8-6-12)19(16,17)15(2)9-4-10-18-3/h5-8,14H,4,9-11H2,1-3H3. The van der Waals surface area contributed by atoms with Crippen LogP contribution in [0.25, 0.3) is 0 Å². The van der Waals surface area contributed by atoms with Crippen LogP contribution in [0.2, 0.25) is 0 Å². The van der Waals surface area contributed by atoms with Gasteiger partial charge in [-0.1, -0.05) is 12.1 Å². The van der Waals surface area contributed by atoms with Gasteiger partial charge in [-0.15, -0.1) is 0 Å². The molecule has 0 bridgehead atoms. The number of rotatable bonds is 8. The predicted octanol–water partition coefficient (Wildman–Crippen LogP) is 1.06. The summed E-state index contributed by atoms with van der Waals surface area (Å²) < 4.78 is 30.8. The zero-order chi connectivity index (χ0) is 14.3. The first-order valence-electron chi connectivity index (χ1n) is 6.21. The van der Waals surface area contributed by atoms with Crippen molar-refractivity contribution in [3.8, 4) is 0 Å². The monoisotopic (exact) mass is 286 g/mol. The number of methoxy groups -OCH3 is 1. The molecule has 1 aromatic rings. The van der Waals surface area contributed by atoms with Crippen LogP contribution < -0.4 is 5.32 Å². The highest BCUT2D eigenvalue weighted by Gasteiger charge is 2.19. The molecule has 6 heteroatoms. The van der Waals surface area contributed by atoms with Gasteiger partial charge in [0, 0.05) is 33.9 Å². The first kappa shape index (κ1) is 16.1. The summed E-state index contributed by atoms with van der Waals surface area (Å²) in [6, 6.07) is 6.95. The summed E-state index contributed by atoms with van der Waals surface area (Å²) in [4.78, 5) is 0.326. The molecule has 0 radical (unpaired) electrons. The van der Waals surface area contributed by atoms with E-state index in [9.17, 15) is 8.42 Å². The summed E-state index contributed by atoms with van der Waals surface area (Å²) in [5, 5.41) is 3.03. The average molecular weight is 286 g/mol. The lowest BCUT2D eigenvalue weighted by molar-refractivity contribution is 0.189. The minimum absolute atomic E-state index is 0.326. The third-order valence-corrected chi connectivity index (χ3v) is 4.70. The van der Waals surface area contributed by atoms with Crippen LogP contribution in [0.4, 0.5) is 0 Å². The van der Waals surface area contributed by atoms with Crippen LogP contribution in [0.5, 0.6) is 0 Å². The van der Waals surface area contributed by atoms with Gasteiger partial charge in [0.05, 0.1) is 4.90 Å². The Morgan fingerprint density at radius 1 is 1.26 bits per heavy atom. The molecule has 0 saturated carbocycles. The number of sulfonamides is 1. The average Bonchev–Trinajstić information content (AvgIpc) is 2.40. The number of ether oxygens (including phenoxy) is 1. The van der Waals surface area contributed by atoms with Crippen molar-refractivity contribution in [2.24, 2.45) is 0 Å². The number of hydrogen-bond acceptors (Lipinski definition) is 4. The summed E-state index contributed by atoms with van der Waals surface area (Å²) in [5.74, 6) is 0. The number of nitrogens with zero attached hydrogens (tertiary/aromatic N) is 1. The molecule has 108 valence electrons. The highest BCUT2D eigenvalue weighted by atomic mass is 32.2. The maximum Gasteiger partial charge on any atom is 0.242 e. The molecule has 0 aliphatic carbocycles. The third-order valence-electron chi connectivity index (χ3n) is 2.83. The highest BCUT2D eigenvalue weighted by molar-refractivity contribution is 7.89. The predicted molar refractivity (Wildman–Crippen MR) is 75.5 cm³/mol. The van der Waals surface area contributed by atoms with Crippen molar-refractivity contribution in [2.45, 2.75) is 17.9 Å². The molecule has 0 saturated heterocycles. The molecule has 1 N–H and O–H groups in total. The molecule has 1 aromatic carbocycles. The molecule has 0 aliphatic rings. The smallest absolute Gasteiger partial charge is 0.242 e. The maximum absolute atomic E-state index is 12.3. The van der Waals surface area contributed by atoms with Gasteiger partial charge >= 0.3 is 0 Å². The fourth-order valence-corrected chi connectivity index (χ4v) is 2.92. The van der Waals surface area contributed by atoms with Crippen molar-refractivity contribution < 1.29 is 13.2 Å². The summed E-state index contributed by atoms with van der Waals surface area (Å²) in [7, 11) is 1.66. The van der Waals surface area contributed by atoms with Gasteiger partial charge in [-0.05, 0) is 31.2 Å². The maximum atomic E-state index is 12.3. The van der Waals surface area contributed by atoms with E-state index in [-0.39, 0.29) is 0 Å². The van der Waals surface area contributed by atoms with Gasteiger partial charge in [-0.3, -0.25) is 0 Å². The Morgan fingerprint density at radius 3 is 2.42 bits per heavy atom. The van der Waals surface area contributed by atoms with Crippen LogP contribution in [-0.2, 0) is 21.3 Å². The van der Waals surface area contributed by atoms with Crippen LogP contribution >= 0.6 is 0 Å². The second-order valence-electron chi connectivity index (χ2n) is 4.35. The molecule has 0 fully saturated rings. The lowest BCUT2D eigenvalue weighted by Gasteiger charge is -2.17. The largest absolute Gasteiger partial charge is 0.385 e. The Morgan fingerprint density at radius 2 is 1.89 bits per heavy atom. The molecule has 0 heterocycles. The van der Waals surface area contributed by atoms with E-state index in [0.717, 1.165) is 12.1 Å². The van der Waals surface area contributed by atoms with Crippen LogP contribution in [0.15, 0.2) is 29.2 Å². The van der Waals surface area contributed by atoms with Crippen molar-refractivity contribution in [1.82, 2.24) is 9.62 Å². The molecule has 0 amide bonds. The Labute approximate surface area is 115 Å². The Balaban J connectivity index is 2.75. The molecule has 0 aromatic heterocycles. The van der Waals surface area contributed by atoms with E-state index in [0.29, 0.717) is 24.5 Å². The fourth-order valence-electron chi connectivity index (χ4n) is 1.72. The first-order valence-corrected chi connectivity index (χ1v) is 7.65. The van der Waals surface area contributed by atoms with Crippen LogP contribution in [0.1, 0.15) is 12.0 Å². The Hall–Kier alpha value is -0.950. The van der Waals surface area contributed by atoms with Crippen molar-refractivity contribution in [3.05, 3.63) is 29.8 Å². The van der Waals surface area contributed by atoms with Crippen molar-refractivity contribution in [2.75, 3.05) is 34.4 Å². The fraction of sp³-hybridized carbons (Fsp3) is 0.538. The van der Waals surface area contributed by atoms with Crippen molar-refractivity contribution in [3.63, 3.8) is 0 Å². The molecule has 0 spiro atoms. The molecular formula is C13H22N2O3S. The Kier molecular flexibility index (Phi) is 6.44. The molecule has 5 nitrogen and oxygen atoms in total. The first-order chi connectivity index (χ1) is 9.02. The van der Waals surface area contributed by atoms with E-state index in [4.69, 9.17) is 4.74 Å². The third kappa shape index (κ3) is 4.58. The normalized spacial score (nSPS) is 12.0. The van der Waals surface area contributed by atoms with Gasteiger partial charge in [0.2, 0.25) is 10.0 Å². The number of benzene rings is 1. The van der Waals surface area contributed by atoms with Crippen LogP contribution in [-0.4, -0.2) is 47.1 Å². The van der Waals surface area contributed by atoms with Gasteiger partial charge in [0.1, 0.15) is 0 Å². The second-order valence-corrected chi connectivity index (χ2v) is 6.39. The quantitative estimate of drug-likeness (QED) is 0.726. The minimum atomic E-state index is -3.39. The molecule has 0 unspecified atom stereocenters. The van der Waals surface area contributed by atoms with Gasteiger partial charge in [0.25, 0.3) is 0 Å². The molecule has 1 rings (SSSR count). The molecular weight excluding hydrogens is 264 g/mol. The van der Waals surface area contributed by atoms with Gasteiger partial charge in [0.15, 0.2) is 0 Å². The minimum Gasteiger partial charge on any atom is -0.385 e. The second kappa shape index (κ2) is 7.59. The molecule has 19 heavy (non-hydrogen) atoms. The van der Waals surface area contributed by atoms with Crippen LogP contribution in [0.3, 0.4) is 0 Å². The van der Waals surface area contributed by atoms with Gasteiger partial charge in [-0.2, -0.15) is 0 Å². The van der Waals surface area contributed by atoms with E-state index in [1.807, 2.05) is 19.2 Å². The molecule has 0 atom stereocenters. The summed E-state index contributed by atoms with van der Waals surface area (Å²) >= 11 is 0. The van der Waals surface area contributed by atoms with Crippen LogP contribution in [0, 0.1) is 0 Å². The van der Waals surface area contributed by atoms with E-state index >= 15 is 0 Å². The Bertz CT molecular complexity index is 471. The molecule has 0 aliphatic heterocycles. The van der Waals surface area contributed by atoms with E-state index in [1.54, 1.807) is 26.3 Å². The number of hydrogen-bond donors (Lipinski definition) is 1. The van der Waals surface area contributed by atoms with E-state index in [2.05, 4.69) is 5.32 Å². The number of nitrogens with one attached hydrogen (secondary N) is 1. The van der Waals surface area contributed by atoms with Gasteiger partial charge in [-0.25, -0.2) is 12.7 Å². The van der Waals surface area contributed by atoms with Gasteiger partial charge < -0.3 is 10.1 Å². The topological polar surface area (TPSA) is 58.6 Å². The van der Waals surface area contributed by atoms with E-state index < -0.39 is 10.0 Å². The highest BCUT2D eigenvalue weighted by Crippen LogP contribution is 2.15. The summed E-state index contributed by atoms with van der Waals surface area (Å²) in [6.45, 7) is 1.74. The zero-order valence-corrected chi connectivity index (χ0v) is 12.5. The SMILES string of the molecule is CNCc1ccc(S(=O)(=O)N(C)CCCOC)cc1. The zero-order valence-electron chi connectivity index (χ0n) is 11.7. The van der Waals surface area contributed by atoms with E-state index in [1.165, 1.54) is 4.31 Å². The van der Waals surface area contributed by atoms with Crippen molar-refractivity contribution in [1.29, 1.82) is 0 Å². The lowest BCUT2D eigenvalue weighted by atomic mass is 10.2. The summed E-state index contributed by atoms with van der Waals surface area (Å²) in [6.07, 6.45) is 0.685. The summed E-state index contributed by atoms with van der Waals surface area (Å²) in [5.41, 5.74) is 1.06. The lowest BCUT2D eigenvalue weighted by Crippen LogP contribution is -2.28.